The summed E-state index contributed by atoms with van der Waals surface area (Å²) in [5.41, 5.74) is 0. The predicted molar refractivity (Wildman–Crippen MR) is 91.2 cm³/mol. The zero-order valence-electron chi connectivity index (χ0n) is 14.1. The van der Waals surface area contributed by atoms with Crippen molar-refractivity contribution in [2.45, 2.75) is 26.7 Å². The number of hydrogen-bond acceptors (Lipinski definition) is 3. The number of guanidine groups is 1. The van der Waals surface area contributed by atoms with Gasteiger partial charge in [-0.05, 0) is 30.4 Å². The number of nitrogens with one attached hydrogen (secondary N) is 2. The van der Waals surface area contributed by atoms with Gasteiger partial charge >= 0.3 is 0 Å². The lowest BCUT2D eigenvalue weighted by atomic mass is 9.92. The minimum absolute atomic E-state index is 0.814. The molecule has 0 saturated carbocycles. The molecular formula is C17H30N4O. The van der Waals surface area contributed by atoms with Gasteiger partial charge in [-0.3, -0.25) is 4.99 Å². The van der Waals surface area contributed by atoms with E-state index in [0.717, 1.165) is 49.6 Å². The van der Waals surface area contributed by atoms with E-state index in [1.165, 1.54) is 19.5 Å². The highest BCUT2D eigenvalue weighted by Crippen LogP contribution is 2.20. The van der Waals surface area contributed by atoms with E-state index >= 15 is 0 Å². The zero-order valence-corrected chi connectivity index (χ0v) is 14.1. The van der Waals surface area contributed by atoms with Gasteiger partial charge < -0.3 is 20.0 Å². The van der Waals surface area contributed by atoms with Crippen LogP contribution in [0.25, 0.3) is 0 Å². The smallest absolute Gasteiger partial charge is 0.191 e. The zero-order chi connectivity index (χ0) is 15.8. The topological polar surface area (TPSA) is 52.8 Å². The number of hydrogen-bond donors (Lipinski definition) is 2. The van der Waals surface area contributed by atoms with Crippen molar-refractivity contribution in [1.82, 2.24) is 15.5 Å². The third kappa shape index (κ3) is 5.72. The van der Waals surface area contributed by atoms with Crippen LogP contribution < -0.4 is 10.6 Å². The molecule has 1 fully saturated rings. The first kappa shape index (κ1) is 16.9. The molecule has 2 N–H and O–H groups in total. The number of aliphatic imine (C=N–C) groups is 1. The Bertz CT molecular complexity index is 434. The van der Waals surface area contributed by atoms with Crippen LogP contribution in [0.4, 0.5) is 0 Å². The lowest BCUT2D eigenvalue weighted by molar-refractivity contribution is 0.143. The van der Waals surface area contributed by atoms with Crippen molar-refractivity contribution in [3.05, 3.63) is 24.2 Å². The maximum absolute atomic E-state index is 5.32. The molecule has 0 aromatic carbocycles. The van der Waals surface area contributed by atoms with Gasteiger partial charge in [0.25, 0.3) is 0 Å². The van der Waals surface area contributed by atoms with Gasteiger partial charge in [0.1, 0.15) is 5.76 Å². The van der Waals surface area contributed by atoms with Crippen molar-refractivity contribution in [3.63, 3.8) is 0 Å². The average Bonchev–Trinajstić information content (AvgIpc) is 2.98. The summed E-state index contributed by atoms with van der Waals surface area (Å²) < 4.78 is 5.32. The molecule has 1 saturated heterocycles. The molecule has 2 atom stereocenters. The van der Waals surface area contributed by atoms with Crippen LogP contribution in [0.2, 0.25) is 0 Å². The highest BCUT2D eigenvalue weighted by molar-refractivity contribution is 5.79. The van der Waals surface area contributed by atoms with Crippen molar-refractivity contribution in [2.24, 2.45) is 16.8 Å². The van der Waals surface area contributed by atoms with Gasteiger partial charge in [0, 0.05) is 46.2 Å². The first-order chi connectivity index (χ1) is 10.7. The molecule has 0 amide bonds. The van der Waals surface area contributed by atoms with Gasteiger partial charge in [0.05, 0.1) is 6.26 Å². The predicted octanol–water partition coefficient (Wildman–Crippen LogP) is 1.96. The second kappa shape index (κ2) is 8.83. The van der Waals surface area contributed by atoms with Crippen LogP contribution >= 0.6 is 0 Å². The van der Waals surface area contributed by atoms with Crippen molar-refractivity contribution in [3.8, 4) is 0 Å². The second-order valence-electron chi connectivity index (χ2n) is 6.46. The number of piperidine rings is 1. The molecule has 2 rings (SSSR count). The van der Waals surface area contributed by atoms with Crippen LogP contribution in [0.15, 0.2) is 27.8 Å². The Hall–Kier alpha value is -1.49. The molecule has 0 spiro atoms. The highest BCUT2D eigenvalue weighted by Gasteiger charge is 2.21. The maximum atomic E-state index is 5.32. The summed E-state index contributed by atoms with van der Waals surface area (Å²) in [5, 5.41) is 6.72. The first-order valence-electron chi connectivity index (χ1n) is 8.36. The van der Waals surface area contributed by atoms with E-state index in [2.05, 4.69) is 34.4 Å². The SMILES string of the molecule is CN=C(NCCc1ccco1)NCCN1CC(C)CC(C)C1. The third-order valence-electron chi connectivity index (χ3n) is 4.13. The first-order valence-corrected chi connectivity index (χ1v) is 8.36. The van der Waals surface area contributed by atoms with Crippen LogP contribution in [0.3, 0.4) is 0 Å². The molecule has 124 valence electrons. The van der Waals surface area contributed by atoms with Gasteiger partial charge in [-0.2, -0.15) is 0 Å². The largest absolute Gasteiger partial charge is 0.469 e. The Morgan fingerprint density at radius 3 is 2.64 bits per heavy atom. The van der Waals surface area contributed by atoms with Gasteiger partial charge in [-0.15, -0.1) is 0 Å². The molecule has 0 aliphatic carbocycles. The minimum Gasteiger partial charge on any atom is -0.469 e. The van der Waals surface area contributed by atoms with Crippen LogP contribution in [0.5, 0.6) is 0 Å². The van der Waals surface area contributed by atoms with E-state index in [-0.39, 0.29) is 0 Å². The van der Waals surface area contributed by atoms with E-state index in [9.17, 15) is 0 Å². The summed E-state index contributed by atoms with van der Waals surface area (Å²) >= 11 is 0. The van der Waals surface area contributed by atoms with Crippen molar-refractivity contribution in [2.75, 3.05) is 39.8 Å². The summed E-state index contributed by atoms with van der Waals surface area (Å²) in [6, 6.07) is 3.92. The summed E-state index contributed by atoms with van der Waals surface area (Å²) in [7, 11) is 1.81. The van der Waals surface area contributed by atoms with E-state index in [1.54, 1.807) is 6.26 Å². The summed E-state index contributed by atoms with van der Waals surface area (Å²) in [4.78, 5) is 6.82. The number of rotatable bonds is 6. The quantitative estimate of drug-likeness (QED) is 0.623. The van der Waals surface area contributed by atoms with Crippen LogP contribution in [-0.4, -0.2) is 50.6 Å². The lowest BCUT2D eigenvalue weighted by Gasteiger charge is -2.35. The van der Waals surface area contributed by atoms with Crippen molar-refractivity contribution in [1.29, 1.82) is 0 Å². The molecule has 0 bridgehead atoms. The molecule has 1 aliphatic rings. The second-order valence-corrected chi connectivity index (χ2v) is 6.46. The number of nitrogens with zero attached hydrogens (tertiary/aromatic N) is 2. The standard InChI is InChI=1S/C17H30N4O/c1-14-11-15(2)13-21(12-14)9-8-20-17(18-3)19-7-6-16-5-4-10-22-16/h4-5,10,14-15H,6-9,11-13H2,1-3H3,(H2,18,19,20). The molecule has 2 heterocycles. The number of furan rings is 1. The van der Waals surface area contributed by atoms with Gasteiger partial charge in [-0.25, -0.2) is 0 Å². The minimum atomic E-state index is 0.814. The summed E-state index contributed by atoms with van der Waals surface area (Å²) in [5.74, 6) is 3.49. The third-order valence-corrected chi connectivity index (χ3v) is 4.13. The van der Waals surface area contributed by atoms with Crippen molar-refractivity contribution < 1.29 is 4.42 Å². The lowest BCUT2D eigenvalue weighted by Crippen LogP contribution is -2.45. The molecule has 1 aliphatic heterocycles. The van der Waals surface area contributed by atoms with E-state index in [1.807, 2.05) is 19.2 Å². The average molecular weight is 306 g/mol. The van der Waals surface area contributed by atoms with Crippen LogP contribution in [-0.2, 0) is 6.42 Å². The van der Waals surface area contributed by atoms with E-state index in [4.69, 9.17) is 4.42 Å². The monoisotopic (exact) mass is 306 g/mol. The Balaban J connectivity index is 1.61. The molecule has 5 nitrogen and oxygen atoms in total. The summed E-state index contributed by atoms with van der Waals surface area (Å²) in [6.45, 7) is 9.97. The fourth-order valence-electron chi connectivity index (χ4n) is 3.29. The normalized spacial score (nSPS) is 23.5. The number of likely N-dealkylation sites (tertiary alicyclic amines) is 1. The fraction of sp³-hybridized carbons (Fsp3) is 0.706. The van der Waals surface area contributed by atoms with Crippen LogP contribution in [0, 0.1) is 11.8 Å². The summed E-state index contributed by atoms with van der Waals surface area (Å²) in [6.07, 6.45) is 3.94. The molecule has 22 heavy (non-hydrogen) atoms. The Kier molecular flexibility index (Phi) is 6.77. The molecule has 2 unspecified atom stereocenters. The van der Waals surface area contributed by atoms with Gasteiger partial charge in [0.15, 0.2) is 5.96 Å². The van der Waals surface area contributed by atoms with E-state index < -0.39 is 0 Å². The fourth-order valence-corrected chi connectivity index (χ4v) is 3.29. The van der Waals surface area contributed by atoms with Crippen LogP contribution in [0.1, 0.15) is 26.0 Å². The molecule has 0 radical (unpaired) electrons. The molecule has 1 aromatic heterocycles. The van der Waals surface area contributed by atoms with Crippen molar-refractivity contribution >= 4 is 5.96 Å². The van der Waals surface area contributed by atoms with E-state index in [0.29, 0.717) is 0 Å². The van der Waals surface area contributed by atoms with Gasteiger partial charge in [0.2, 0.25) is 0 Å². The Morgan fingerprint density at radius 2 is 2.00 bits per heavy atom. The highest BCUT2D eigenvalue weighted by atomic mass is 16.3. The molecule has 5 heteroatoms. The maximum Gasteiger partial charge on any atom is 0.191 e. The molecular weight excluding hydrogens is 276 g/mol. The van der Waals surface area contributed by atoms with Gasteiger partial charge in [-0.1, -0.05) is 13.8 Å². The Morgan fingerprint density at radius 1 is 1.27 bits per heavy atom. The molecule has 1 aromatic rings. The Labute approximate surface area is 134 Å².